The van der Waals surface area contributed by atoms with E-state index in [1.807, 2.05) is 6.92 Å². The summed E-state index contributed by atoms with van der Waals surface area (Å²) in [5.41, 5.74) is 8.65. The Hall–Kier alpha value is -3.27. The van der Waals surface area contributed by atoms with Gasteiger partial charge in [-0.2, -0.15) is 5.10 Å². The molecule has 10 heteroatoms. The summed E-state index contributed by atoms with van der Waals surface area (Å²) in [7, 11) is 1.40. The monoisotopic (exact) mass is 404 g/mol. The zero-order valence-corrected chi connectivity index (χ0v) is 16.8. The molecule has 0 spiro atoms. The smallest absolute Gasteiger partial charge is 0.334 e. The molecule has 6 N–H and O–H groups in total. The highest BCUT2D eigenvalue weighted by molar-refractivity contribution is 6.41. The van der Waals surface area contributed by atoms with Crippen LogP contribution in [0.25, 0.3) is 0 Å². The van der Waals surface area contributed by atoms with Crippen LogP contribution in [-0.2, 0) is 14.4 Å². The van der Waals surface area contributed by atoms with Crippen molar-refractivity contribution in [3.05, 3.63) is 35.9 Å². The maximum Gasteiger partial charge on any atom is 0.334 e. The number of rotatable bonds is 10. The highest BCUT2D eigenvalue weighted by Gasteiger charge is 2.22. The first-order chi connectivity index (χ1) is 13.8. The van der Waals surface area contributed by atoms with Crippen molar-refractivity contribution in [3.63, 3.8) is 0 Å². The van der Waals surface area contributed by atoms with E-state index in [1.165, 1.54) is 14.0 Å². The van der Waals surface area contributed by atoms with Gasteiger partial charge in [0.05, 0.1) is 12.6 Å². The molecule has 10 nitrogen and oxygen atoms in total. The molecule has 29 heavy (non-hydrogen) atoms. The molecular weight excluding hydrogens is 376 g/mol. The van der Waals surface area contributed by atoms with E-state index in [1.54, 1.807) is 30.3 Å². The largest absolute Gasteiger partial charge is 0.342 e. The minimum absolute atomic E-state index is 0.102. The van der Waals surface area contributed by atoms with Crippen molar-refractivity contribution < 1.29 is 19.2 Å². The van der Waals surface area contributed by atoms with Gasteiger partial charge in [-0.1, -0.05) is 43.7 Å². The topological polar surface area (TPSA) is 155 Å². The molecule has 0 radical (unpaired) electrons. The normalized spacial score (nSPS) is 13.0. The van der Waals surface area contributed by atoms with Gasteiger partial charge < -0.3 is 21.7 Å². The van der Waals surface area contributed by atoms with Crippen molar-refractivity contribution in [2.24, 2.45) is 10.8 Å². The zero-order valence-electron chi connectivity index (χ0n) is 16.8. The molecule has 158 valence electrons. The van der Waals surface area contributed by atoms with Crippen LogP contribution in [-0.4, -0.2) is 49.0 Å². The number of carbonyl (C=O) groups excluding carboxylic acids is 4. The summed E-state index contributed by atoms with van der Waals surface area (Å²) in [6, 6.07) is 6.64. The molecule has 0 aliphatic rings. The number of carbonyl (C=O) groups is 4. The van der Waals surface area contributed by atoms with Gasteiger partial charge in [-0.25, -0.2) is 10.2 Å². The van der Waals surface area contributed by atoms with Crippen LogP contribution in [0.1, 0.15) is 38.3 Å². The van der Waals surface area contributed by atoms with Crippen molar-refractivity contribution in [1.29, 1.82) is 0 Å². The van der Waals surface area contributed by atoms with Crippen LogP contribution in [0.5, 0.6) is 0 Å². The Morgan fingerprint density at radius 1 is 1.14 bits per heavy atom. The number of hydrogen-bond donors (Lipinski definition) is 5. The number of hydrazone groups is 1. The number of amides is 4. The van der Waals surface area contributed by atoms with Gasteiger partial charge in [0, 0.05) is 7.05 Å². The molecule has 0 aliphatic carbocycles. The van der Waals surface area contributed by atoms with Gasteiger partial charge in [0.15, 0.2) is 5.78 Å². The van der Waals surface area contributed by atoms with Crippen LogP contribution in [0.15, 0.2) is 35.4 Å². The fourth-order valence-corrected chi connectivity index (χ4v) is 2.44. The van der Waals surface area contributed by atoms with Gasteiger partial charge in [0.25, 0.3) is 5.91 Å². The molecule has 1 rings (SSSR count). The second-order valence-corrected chi connectivity index (χ2v) is 6.29. The van der Waals surface area contributed by atoms with Gasteiger partial charge in [0.1, 0.15) is 11.8 Å². The van der Waals surface area contributed by atoms with E-state index in [9.17, 15) is 19.2 Å². The molecule has 1 aromatic carbocycles. The SMILES string of the molecule is CCC[C@H](N)C(=NNC(=O)NC)C(=O)NCC(=O)N[C@H](C(C)=O)c1ccccc1. The maximum absolute atomic E-state index is 12.4. The van der Waals surface area contributed by atoms with Crippen molar-refractivity contribution in [2.45, 2.75) is 38.8 Å². The van der Waals surface area contributed by atoms with Crippen LogP contribution in [0.4, 0.5) is 4.79 Å². The van der Waals surface area contributed by atoms with E-state index < -0.39 is 29.9 Å². The van der Waals surface area contributed by atoms with Crippen molar-refractivity contribution >= 4 is 29.3 Å². The number of ketones is 1. The second-order valence-electron chi connectivity index (χ2n) is 6.29. The molecule has 0 saturated carbocycles. The van der Waals surface area contributed by atoms with E-state index in [4.69, 9.17) is 5.73 Å². The van der Waals surface area contributed by atoms with Crippen molar-refractivity contribution in [3.8, 4) is 0 Å². The van der Waals surface area contributed by atoms with Gasteiger partial charge in [-0.3, -0.25) is 14.4 Å². The summed E-state index contributed by atoms with van der Waals surface area (Å²) in [6.45, 7) is 2.88. The highest BCUT2D eigenvalue weighted by atomic mass is 16.2. The number of hydrogen-bond acceptors (Lipinski definition) is 6. The summed E-state index contributed by atoms with van der Waals surface area (Å²) in [4.78, 5) is 47.8. The second kappa shape index (κ2) is 12.2. The molecule has 0 aliphatic heterocycles. The Morgan fingerprint density at radius 2 is 1.79 bits per heavy atom. The first-order valence-electron chi connectivity index (χ1n) is 9.23. The molecule has 0 fully saturated rings. The quantitative estimate of drug-likeness (QED) is 0.273. The molecule has 1 aromatic rings. The summed E-state index contributed by atoms with van der Waals surface area (Å²) in [5.74, 6) is -1.47. The predicted molar refractivity (Wildman–Crippen MR) is 109 cm³/mol. The van der Waals surface area contributed by atoms with E-state index in [0.29, 0.717) is 18.4 Å². The number of Topliss-reactive ketones (excluding diaryl/α,β-unsaturated/α-hetero) is 1. The number of nitrogens with one attached hydrogen (secondary N) is 4. The lowest BCUT2D eigenvalue weighted by Gasteiger charge is -2.17. The van der Waals surface area contributed by atoms with E-state index in [2.05, 4.69) is 26.5 Å². The highest BCUT2D eigenvalue weighted by Crippen LogP contribution is 2.13. The fourth-order valence-electron chi connectivity index (χ4n) is 2.44. The van der Waals surface area contributed by atoms with Crippen LogP contribution < -0.4 is 27.1 Å². The summed E-state index contributed by atoms with van der Waals surface area (Å²) >= 11 is 0. The van der Waals surface area contributed by atoms with Gasteiger partial charge >= 0.3 is 6.03 Å². The van der Waals surface area contributed by atoms with Crippen LogP contribution >= 0.6 is 0 Å². The minimum atomic E-state index is -0.814. The number of nitrogens with zero attached hydrogens (tertiary/aromatic N) is 1. The van der Waals surface area contributed by atoms with Gasteiger partial charge in [-0.05, 0) is 18.9 Å². The first kappa shape index (κ1) is 23.8. The predicted octanol–water partition coefficient (Wildman–Crippen LogP) is -0.0385. The number of urea groups is 1. The van der Waals surface area contributed by atoms with E-state index in [0.717, 1.165) is 0 Å². The Balaban J connectivity index is 2.76. The molecular formula is C19H28N6O4. The average molecular weight is 404 g/mol. The lowest BCUT2D eigenvalue weighted by Crippen LogP contribution is -2.47. The Bertz CT molecular complexity index is 750. The average Bonchev–Trinajstić information content (AvgIpc) is 2.70. The fraction of sp³-hybridized carbons (Fsp3) is 0.421. The van der Waals surface area contributed by atoms with Crippen LogP contribution in [0.2, 0.25) is 0 Å². The third-order valence-electron chi connectivity index (χ3n) is 3.94. The number of benzene rings is 1. The standard InChI is InChI=1S/C19H28N6O4/c1-4-8-14(20)17(24-25-19(29)21-3)18(28)22-11-15(27)23-16(12(2)26)13-9-6-5-7-10-13/h5-7,9-10,14,16H,4,8,11,20H2,1-3H3,(H,22,28)(H,23,27)(H2,21,25,29)/t14-,16+/m0/s1. The molecule has 2 atom stereocenters. The summed E-state index contributed by atoms with van der Waals surface area (Å²) in [5, 5.41) is 11.1. The van der Waals surface area contributed by atoms with Gasteiger partial charge in [0.2, 0.25) is 5.91 Å². The molecule has 0 saturated heterocycles. The van der Waals surface area contributed by atoms with Crippen molar-refractivity contribution in [2.75, 3.05) is 13.6 Å². The molecule has 0 bridgehead atoms. The molecule has 0 aromatic heterocycles. The Kier molecular flexibility index (Phi) is 10.0. The third kappa shape index (κ3) is 8.09. The third-order valence-corrected chi connectivity index (χ3v) is 3.94. The van der Waals surface area contributed by atoms with Gasteiger partial charge in [-0.15, -0.1) is 0 Å². The first-order valence-corrected chi connectivity index (χ1v) is 9.23. The maximum atomic E-state index is 12.4. The lowest BCUT2D eigenvalue weighted by atomic mass is 10.0. The molecule has 0 unspecified atom stereocenters. The zero-order chi connectivity index (χ0) is 21.8. The van der Waals surface area contributed by atoms with Crippen LogP contribution in [0, 0.1) is 0 Å². The summed E-state index contributed by atoms with van der Waals surface area (Å²) in [6.07, 6.45) is 1.17. The molecule has 0 heterocycles. The van der Waals surface area contributed by atoms with E-state index >= 15 is 0 Å². The Morgan fingerprint density at radius 3 is 2.34 bits per heavy atom. The van der Waals surface area contributed by atoms with Crippen LogP contribution in [0.3, 0.4) is 0 Å². The lowest BCUT2D eigenvalue weighted by molar-refractivity contribution is -0.127. The molecule has 4 amide bonds. The summed E-state index contributed by atoms with van der Waals surface area (Å²) < 4.78 is 0. The number of nitrogens with two attached hydrogens (primary N) is 1. The van der Waals surface area contributed by atoms with Crippen molar-refractivity contribution in [1.82, 2.24) is 21.4 Å². The van der Waals surface area contributed by atoms with E-state index in [-0.39, 0.29) is 18.0 Å². The Labute approximate surface area is 169 Å². The minimum Gasteiger partial charge on any atom is -0.342 e.